The molecule has 0 spiro atoms. The number of carbonyl (C=O) groups is 1. The third kappa shape index (κ3) is 9.11. The highest BCUT2D eigenvalue weighted by atomic mass is 32.2. The molecule has 0 aromatic heterocycles. The van der Waals surface area contributed by atoms with Crippen LogP contribution in [0.5, 0.6) is 5.75 Å². The Morgan fingerprint density at radius 2 is 1.69 bits per heavy atom. The van der Waals surface area contributed by atoms with Crippen LogP contribution in [0, 0.1) is 0 Å². The first-order valence-corrected chi connectivity index (χ1v) is 12.6. The van der Waals surface area contributed by atoms with Gasteiger partial charge in [0.05, 0.1) is 6.61 Å². The van der Waals surface area contributed by atoms with Crippen molar-refractivity contribution in [1.82, 2.24) is 9.62 Å². The molecule has 2 aromatic rings. The standard InChI is InChI=1S/C23H33N3O6S.CH5N/c1-16(2)18-7-5-17(6-8-18)11-12-26(3)33(29,30)21-15-19(9-10-20(21)27)22(24)25-23(28)32-14-13-31-4;1-2/h5-10,15-16,22,27H,11-14,24H2,1-4H3,(H,25,28);2H2,1H3. The van der Waals surface area contributed by atoms with E-state index in [9.17, 15) is 18.3 Å². The highest BCUT2D eigenvalue weighted by molar-refractivity contribution is 7.89. The van der Waals surface area contributed by atoms with E-state index in [1.54, 1.807) is 0 Å². The zero-order valence-electron chi connectivity index (χ0n) is 21.0. The molecular formula is C24H38N4O6S. The van der Waals surface area contributed by atoms with Crippen LogP contribution in [0.4, 0.5) is 4.79 Å². The van der Waals surface area contributed by atoms with Crippen molar-refractivity contribution in [2.75, 3.05) is 41.0 Å². The summed E-state index contributed by atoms with van der Waals surface area (Å²) in [5, 5.41) is 12.6. The highest BCUT2D eigenvalue weighted by Crippen LogP contribution is 2.28. The van der Waals surface area contributed by atoms with Crippen molar-refractivity contribution >= 4 is 16.1 Å². The number of hydrogen-bond donors (Lipinski definition) is 4. The number of phenolic OH excluding ortho intramolecular Hbond substituents is 1. The van der Waals surface area contributed by atoms with Crippen molar-refractivity contribution in [3.63, 3.8) is 0 Å². The summed E-state index contributed by atoms with van der Waals surface area (Å²) in [7, 11) is 0.435. The number of likely N-dealkylation sites (N-methyl/N-ethyl adjacent to an activating group) is 1. The molecule has 0 aliphatic rings. The highest BCUT2D eigenvalue weighted by Gasteiger charge is 2.25. The molecule has 0 fully saturated rings. The number of nitrogens with two attached hydrogens (primary N) is 2. The van der Waals surface area contributed by atoms with E-state index in [4.69, 9.17) is 15.2 Å². The number of alkyl carbamates (subject to hydrolysis) is 1. The normalized spacial score (nSPS) is 12.1. The van der Waals surface area contributed by atoms with Crippen molar-refractivity contribution in [3.8, 4) is 5.75 Å². The summed E-state index contributed by atoms with van der Waals surface area (Å²) in [4.78, 5) is 11.5. The molecule has 0 aliphatic carbocycles. The third-order valence-corrected chi connectivity index (χ3v) is 7.07. The maximum absolute atomic E-state index is 13.1. The summed E-state index contributed by atoms with van der Waals surface area (Å²) in [6, 6.07) is 12.0. The molecule has 10 nitrogen and oxygen atoms in total. The fourth-order valence-corrected chi connectivity index (χ4v) is 4.33. The zero-order valence-corrected chi connectivity index (χ0v) is 21.8. The third-order valence-electron chi connectivity index (χ3n) is 5.19. The van der Waals surface area contributed by atoms with Crippen molar-refractivity contribution in [2.45, 2.75) is 37.2 Å². The topological polar surface area (TPSA) is 157 Å². The molecule has 0 saturated carbocycles. The number of aromatic hydroxyl groups is 1. The largest absolute Gasteiger partial charge is 0.507 e. The van der Waals surface area contributed by atoms with Crippen LogP contribution in [0.25, 0.3) is 0 Å². The van der Waals surface area contributed by atoms with E-state index in [-0.39, 0.29) is 24.7 Å². The van der Waals surface area contributed by atoms with Gasteiger partial charge in [0.2, 0.25) is 10.0 Å². The molecule has 196 valence electrons. The fourth-order valence-electron chi connectivity index (χ4n) is 3.04. The molecule has 6 N–H and O–H groups in total. The van der Waals surface area contributed by atoms with Gasteiger partial charge in [0.15, 0.2) is 0 Å². The van der Waals surface area contributed by atoms with Crippen molar-refractivity contribution in [3.05, 3.63) is 59.2 Å². The number of nitrogens with zero attached hydrogens (tertiary/aromatic N) is 1. The minimum atomic E-state index is -4.00. The summed E-state index contributed by atoms with van der Waals surface area (Å²) < 4.78 is 37.1. The molecule has 0 heterocycles. The molecule has 0 saturated heterocycles. The summed E-state index contributed by atoms with van der Waals surface area (Å²) >= 11 is 0. The van der Waals surface area contributed by atoms with Gasteiger partial charge in [0, 0.05) is 20.7 Å². The lowest BCUT2D eigenvalue weighted by Crippen LogP contribution is -2.35. The second kappa shape index (κ2) is 14.6. The lowest BCUT2D eigenvalue weighted by Gasteiger charge is -2.20. The van der Waals surface area contributed by atoms with Crippen molar-refractivity contribution < 1.29 is 27.8 Å². The Balaban J connectivity index is 0.00000298. The second-order valence-electron chi connectivity index (χ2n) is 7.95. The van der Waals surface area contributed by atoms with Gasteiger partial charge in [-0.05, 0) is 48.2 Å². The van der Waals surface area contributed by atoms with E-state index < -0.39 is 28.0 Å². The van der Waals surface area contributed by atoms with Gasteiger partial charge in [0.1, 0.15) is 23.4 Å². The Labute approximate surface area is 208 Å². The average molecular weight is 511 g/mol. The lowest BCUT2D eigenvalue weighted by molar-refractivity contribution is 0.0965. The second-order valence-corrected chi connectivity index (χ2v) is 9.96. The summed E-state index contributed by atoms with van der Waals surface area (Å²) in [6.07, 6.45) is -1.28. The molecule has 0 bridgehead atoms. The maximum Gasteiger partial charge on any atom is 0.408 e. The van der Waals surface area contributed by atoms with Crippen LogP contribution in [0.2, 0.25) is 0 Å². The van der Waals surface area contributed by atoms with Gasteiger partial charge in [-0.2, -0.15) is 0 Å². The predicted octanol–water partition coefficient (Wildman–Crippen LogP) is 2.28. The van der Waals surface area contributed by atoms with Gasteiger partial charge in [-0.25, -0.2) is 17.5 Å². The molecule has 2 rings (SSSR count). The molecule has 1 amide bonds. The number of hydrogen-bond acceptors (Lipinski definition) is 8. The summed E-state index contributed by atoms with van der Waals surface area (Å²) in [5.41, 5.74) is 13.0. The molecule has 2 aromatic carbocycles. The Morgan fingerprint density at radius 1 is 1.09 bits per heavy atom. The predicted molar refractivity (Wildman–Crippen MR) is 136 cm³/mol. The zero-order chi connectivity index (χ0) is 26.6. The lowest BCUT2D eigenvalue weighted by atomic mass is 10.0. The molecule has 1 atom stereocenters. The number of amides is 1. The molecule has 0 aliphatic heterocycles. The van der Waals surface area contributed by atoms with Crippen LogP contribution in [0.1, 0.15) is 42.6 Å². The number of methoxy groups -OCH3 is 1. The Bertz CT molecular complexity index is 1030. The fraction of sp³-hybridized carbons (Fsp3) is 0.458. The number of benzene rings is 2. The van der Waals surface area contributed by atoms with Gasteiger partial charge in [-0.15, -0.1) is 0 Å². The number of carbonyl (C=O) groups excluding carboxylic acids is 1. The molecule has 35 heavy (non-hydrogen) atoms. The first-order valence-electron chi connectivity index (χ1n) is 11.2. The number of nitrogens with one attached hydrogen (secondary N) is 1. The first-order chi connectivity index (χ1) is 16.6. The number of rotatable bonds is 11. The van der Waals surface area contributed by atoms with Crippen LogP contribution in [-0.2, 0) is 25.9 Å². The van der Waals surface area contributed by atoms with Crippen molar-refractivity contribution in [1.29, 1.82) is 0 Å². The van der Waals surface area contributed by atoms with E-state index in [1.165, 1.54) is 49.3 Å². The van der Waals surface area contributed by atoms with Crippen LogP contribution in [-0.4, -0.2) is 64.9 Å². The van der Waals surface area contributed by atoms with Crippen molar-refractivity contribution in [2.24, 2.45) is 11.5 Å². The number of sulfonamides is 1. The van der Waals surface area contributed by atoms with E-state index in [2.05, 4.69) is 24.9 Å². The number of phenols is 1. The van der Waals surface area contributed by atoms with Gasteiger partial charge in [-0.3, -0.25) is 0 Å². The van der Waals surface area contributed by atoms with E-state index in [0.717, 1.165) is 5.56 Å². The molecule has 0 radical (unpaired) electrons. The monoisotopic (exact) mass is 510 g/mol. The summed E-state index contributed by atoms with van der Waals surface area (Å²) in [6.45, 7) is 4.74. The van der Waals surface area contributed by atoms with Crippen LogP contribution >= 0.6 is 0 Å². The van der Waals surface area contributed by atoms with Crippen LogP contribution < -0.4 is 16.8 Å². The number of ether oxygens (including phenoxy) is 2. The van der Waals surface area contributed by atoms with Crippen LogP contribution in [0.15, 0.2) is 47.4 Å². The SMILES string of the molecule is CN.COCCOC(=O)NC(N)c1ccc(O)c(S(=O)(=O)N(C)CCc2ccc(C(C)C)cc2)c1. The average Bonchev–Trinajstić information content (AvgIpc) is 2.84. The Hall–Kier alpha value is -2.70. The van der Waals surface area contributed by atoms with Crippen LogP contribution in [0.3, 0.4) is 0 Å². The van der Waals surface area contributed by atoms with E-state index in [0.29, 0.717) is 17.9 Å². The Morgan fingerprint density at radius 3 is 2.26 bits per heavy atom. The van der Waals surface area contributed by atoms with E-state index in [1.807, 2.05) is 24.3 Å². The Kier molecular flexibility index (Phi) is 12.7. The first kappa shape index (κ1) is 30.3. The minimum Gasteiger partial charge on any atom is -0.507 e. The molecular weight excluding hydrogens is 472 g/mol. The molecule has 1 unspecified atom stereocenters. The van der Waals surface area contributed by atoms with Gasteiger partial charge < -0.3 is 31.4 Å². The van der Waals surface area contributed by atoms with E-state index >= 15 is 0 Å². The summed E-state index contributed by atoms with van der Waals surface area (Å²) in [5.74, 6) is 0.0205. The quantitative estimate of drug-likeness (QED) is 0.265. The van der Waals surface area contributed by atoms with Gasteiger partial charge in [0.25, 0.3) is 0 Å². The molecule has 11 heteroatoms. The smallest absolute Gasteiger partial charge is 0.408 e. The van der Waals surface area contributed by atoms with Gasteiger partial charge >= 0.3 is 6.09 Å². The maximum atomic E-state index is 13.1. The van der Waals surface area contributed by atoms with Gasteiger partial charge in [-0.1, -0.05) is 44.2 Å². The minimum absolute atomic E-state index is 0.0508.